The molecule has 1 aliphatic carbocycles. The molecule has 2 aliphatic rings. The molecule has 0 aromatic rings. The lowest BCUT2D eigenvalue weighted by molar-refractivity contribution is -0.123. The number of likely N-dealkylation sites (tertiary alicyclic amines) is 1. The Bertz CT molecular complexity index is 324. The fourth-order valence-electron chi connectivity index (χ4n) is 2.94. The van der Waals surface area contributed by atoms with Crippen LogP contribution in [0, 0.1) is 5.92 Å². The molecule has 2 rings (SSSR count). The van der Waals surface area contributed by atoms with Gasteiger partial charge in [0.25, 0.3) is 0 Å². The van der Waals surface area contributed by atoms with Gasteiger partial charge < -0.3 is 10.5 Å². The molecule has 0 aromatic heterocycles. The van der Waals surface area contributed by atoms with Crippen molar-refractivity contribution in [1.29, 1.82) is 0 Å². The number of oxime groups is 1. The van der Waals surface area contributed by atoms with E-state index < -0.39 is 0 Å². The van der Waals surface area contributed by atoms with E-state index in [1.807, 2.05) is 6.92 Å². The molecule has 102 valence electrons. The van der Waals surface area contributed by atoms with Crippen LogP contribution >= 0.6 is 0 Å². The molecule has 0 aromatic carbocycles. The zero-order valence-electron chi connectivity index (χ0n) is 11.1. The molecule has 1 heterocycles. The number of hydrogen-bond donors (Lipinski definition) is 2. The summed E-state index contributed by atoms with van der Waals surface area (Å²) < 4.78 is 0. The predicted octanol–water partition coefficient (Wildman–Crippen LogP) is 1.22. The molecule has 2 N–H and O–H groups in total. The summed E-state index contributed by atoms with van der Waals surface area (Å²) >= 11 is 0. The first-order valence-electron chi connectivity index (χ1n) is 6.91. The van der Waals surface area contributed by atoms with Crippen LogP contribution in [-0.4, -0.2) is 47.4 Å². The summed E-state index contributed by atoms with van der Waals surface area (Å²) in [4.78, 5) is 14.0. The smallest absolute Gasteiger partial charge is 0.234 e. The van der Waals surface area contributed by atoms with Gasteiger partial charge in [-0.3, -0.25) is 9.69 Å². The van der Waals surface area contributed by atoms with E-state index in [4.69, 9.17) is 5.21 Å². The molecule has 1 atom stereocenters. The van der Waals surface area contributed by atoms with E-state index in [0.717, 1.165) is 38.1 Å². The minimum absolute atomic E-state index is 0.137. The molecule has 1 unspecified atom stereocenters. The van der Waals surface area contributed by atoms with Crippen LogP contribution in [-0.2, 0) is 4.79 Å². The molecule has 5 heteroatoms. The van der Waals surface area contributed by atoms with Crippen molar-refractivity contribution in [1.82, 2.24) is 10.2 Å². The molecule has 1 saturated heterocycles. The Morgan fingerprint density at radius 3 is 2.83 bits per heavy atom. The molecular weight excluding hydrogens is 230 g/mol. The lowest BCUT2D eigenvalue weighted by Crippen LogP contribution is -2.46. The van der Waals surface area contributed by atoms with E-state index in [9.17, 15) is 4.79 Å². The van der Waals surface area contributed by atoms with Gasteiger partial charge in [0.2, 0.25) is 5.91 Å². The maximum absolute atomic E-state index is 11.9. The van der Waals surface area contributed by atoms with Crippen LogP contribution in [0.3, 0.4) is 0 Å². The summed E-state index contributed by atoms with van der Waals surface area (Å²) in [6.45, 7) is 4.12. The molecule has 1 amide bonds. The average molecular weight is 253 g/mol. The topological polar surface area (TPSA) is 64.9 Å². The van der Waals surface area contributed by atoms with Crippen molar-refractivity contribution in [3.05, 3.63) is 0 Å². The maximum atomic E-state index is 11.9. The number of hydrogen-bond acceptors (Lipinski definition) is 4. The number of nitrogens with zero attached hydrogens (tertiary/aromatic N) is 2. The fraction of sp³-hybridized carbons (Fsp3) is 0.846. The summed E-state index contributed by atoms with van der Waals surface area (Å²) in [6, 6.07) is 0.397. The van der Waals surface area contributed by atoms with Crippen LogP contribution in [0.1, 0.15) is 39.0 Å². The number of amides is 1. The van der Waals surface area contributed by atoms with Gasteiger partial charge in [-0.25, -0.2) is 0 Å². The van der Waals surface area contributed by atoms with Gasteiger partial charge in [-0.15, -0.1) is 0 Å². The summed E-state index contributed by atoms with van der Waals surface area (Å²) in [6.07, 6.45) is 5.49. The van der Waals surface area contributed by atoms with Crippen molar-refractivity contribution in [2.75, 3.05) is 19.6 Å². The summed E-state index contributed by atoms with van der Waals surface area (Å²) in [5.41, 5.74) is 0.849. The summed E-state index contributed by atoms with van der Waals surface area (Å²) in [5, 5.41) is 15.2. The first kappa shape index (κ1) is 13.3. The third-order valence-electron chi connectivity index (χ3n) is 4.00. The van der Waals surface area contributed by atoms with Crippen LogP contribution in [0.15, 0.2) is 5.16 Å². The van der Waals surface area contributed by atoms with E-state index >= 15 is 0 Å². The Morgan fingerprint density at radius 1 is 1.50 bits per heavy atom. The van der Waals surface area contributed by atoms with Crippen molar-refractivity contribution in [2.24, 2.45) is 11.1 Å². The van der Waals surface area contributed by atoms with Crippen molar-refractivity contribution in [3.63, 3.8) is 0 Å². The molecule has 0 radical (unpaired) electrons. The Hall–Kier alpha value is -1.10. The van der Waals surface area contributed by atoms with Gasteiger partial charge in [-0.05, 0) is 12.8 Å². The van der Waals surface area contributed by atoms with E-state index in [1.165, 1.54) is 12.8 Å². The fourth-order valence-corrected chi connectivity index (χ4v) is 2.94. The van der Waals surface area contributed by atoms with Gasteiger partial charge in [0.15, 0.2) is 0 Å². The highest BCUT2D eigenvalue weighted by atomic mass is 16.4. The van der Waals surface area contributed by atoms with Crippen molar-refractivity contribution in [2.45, 2.75) is 45.1 Å². The highest BCUT2D eigenvalue weighted by Crippen LogP contribution is 2.18. The number of carbonyl (C=O) groups is 1. The van der Waals surface area contributed by atoms with Crippen molar-refractivity contribution >= 4 is 11.6 Å². The minimum atomic E-state index is 0.137. The van der Waals surface area contributed by atoms with Gasteiger partial charge in [-0.1, -0.05) is 24.9 Å². The third kappa shape index (κ3) is 3.45. The Balaban J connectivity index is 1.74. The molecule has 2 fully saturated rings. The highest BCUT2D eigenvalue weighted by Gasteiger charge is 2.25. The second-order valence-corrected chi connectivity index (χ2v) is 5.53. The minimum Gasteiger partial charge on any atom is -0.411 e. The second-order valence-electron chi connectivity index (χ2n) is 5.53. The molecule has 0 spiro atoms. The number of rotatable bonds is 3. The van der Waals surface area contributed by atoms with Crippen molar-refractivity contribution in [3.8, 4) is 0 Å². The average Bonchev–Trinajstić information content (AvgIpc) is 2.82. The molecular formula is C13H23N3O2. The second kappa shape index (κ2) is 6.18. The van der Waals surface area contributed by atoms with E-state index in [0.29, 0.717) is 12.6 Å². The first-order valence-corrected chi connectivity index (χ1v) is 6.91. The van der Waals surface area contributed by atoms with Gasteiger partial charge in [0.1, 0.15) is 0 Å². The monoisotopic (exact) mass is 253 g/mol. The third-order valence-corrected chi connectivity index (χ3v) is 4.00. The maximum Gasteiger partial charge on any atom is 0.234 e. The Morgan fingerprint density at radius 2 is 2.22 bits per heavy atom. The molecule has 1 saturated carbocycles. The molecule has 0 bridgehead atoms. The summed E-state index contributed by atoms with van der Waals surface area (Å²) in [5.74, 6) is 0.376. The quantitative estimate of drug-likeness (QED) is 0.587. The standard InChI is InChI=1S/C13H23N3O2/c1-10-8-16(7-6-12(10)15-18)9-13(17)14-11-4-2-3-5-11/h10-11,18H,2-9H2,1H3,(H,14,17). The highest BCUT2D eigenvalue weighted by molar-refractivity contribution is 5.87. The van der Waals surface area contributed by atoms with Crippen LogP contribution in [0.4, 0.5) is 0 Å². The van der Waals surface area contributed by atoms with Crippen LogP contribution < -0.4 is 5.32 Å². The van der Waals surface area contributed by atoms with Crippen LogP contribution in [0.25, 0.3) is 0 Å². The Kier molecular flexibility index (Phi) is 4.58. The SMILES string of the molecule is CC1CN(CC(=O)NC2CCCC2)CCC1=NO. The normalized spacial score (nSPS) is 28.7. The lowest BCUT2D eigenvalue weighted by Gasteiger charge is -2.31. The first-order chi connectivity index (χ1) is 8.69. The van der Waals surface area contributed by atoms with Crippen LogP contribution in [0.5, 0.6) is 0 Å². The number of piperidine rings is 1. The van der Waals surface area contributed by atoms with E-state index in [2.05, 4.69) is 15.4 Å². The van der Waals surface area contributed by atoms with Crippen molar-refractivity contribution < 1.29 is 10.0 Å². The zero-order valence-corrected chi connectivity index (χ0v) is 11.1. The predicted molar refractivity (Wildman–Crippen MR) is 69.8 cm³/mol. The molecule has 18 heavy (non-hydrogen) atoms. The molecule has 5 nitrogen and oxygen atoms in total. The van der Waals surface area contributed by atoms with Gasteiger partial charge >= 0.3 is 0 Å². The summed E-state index contributed by atoms with van der Waals surface area (Å²) in [7, 11) is 0. The lowest BCUT2D eigenvalue weighted by atomic mass is 9.98. The van der Waals surface area contributed by atoms with Crippen LogP contribution in [0.2, 0.25) is 0 Å². The van der Waals surface area contributed by atoms with Gasteiger partial charge in [0, 0.05) is 31.5 Å². The van der Waals surface area contributed by atoms with Gasteiger partial charge in [-0.2, -0.15) is 0 Å². The zero-order chi connectivity index (χ0) is 13.0. The van der Waals surface area contributed by atoms with Gasteiger partial charge in [0.05, 0.1) is 12.3 Å². The largest absolute Gasteiger partial charge is 0.411 e. The molecule has 1 aliphatic heterocycles. The van der Waals surface area contributed by atoms with E-state index in [1.54, 1.807) is 0 Å². The van der Waals surface area contributed by atoms with E-state index in [-0.39, 0.29) is 11.8 Å². The Labute approximate surface area is 108 Å². The number of nitrogens with one attached hydrogen (secondary N) is 1. The number of carbonyl (C=O) groups excluding carboxylic acids is 1.